The average Bonchev–Trinajstić information content (AvgIpc) is 1.54. The summed E-state index contributed by atoms with van der Waals surface area (Å²) in [6.07, 6.45) is 0. The van der Waals surface area contributed by atoms with E-state index in [4.69, 9.17) is 0 Å². The summed E-state index contributed by atoms with van der Waals surface area (Å²) in [4.78, 5) is 2.47. The van der Waals surface area contributed by atoms with Crippen LogP contribution in [0, 0.1) is 0 Å². The van der Waals surface area contributed by atoms with Crippen LogP contribution in [0.3, 0.4) is 0 Å². The van der Waals surface area contributed by atoms with Crippen molar-refractivity contribution in [3.8, 4) is 33.6 Å². The van der Waals surface area contributed by atoms with Crippen LogP contribution in [0.25, 0.3) is 162 Å². The Morgan fingerprint density at radius 3 is 1.45 bits per heavy atom. The molecule has 0 unspecified atom stereocenters. The summed E-state index contributed by atoms with van der Waals surface area (Å²) >= 11 is 1.96. The van der Waals surface area contributed by atoms with Gasteiger partial charge in [-0.3, -0.25) is 0 Å². The quantitative estimate of drug-likeness (QED) is 0.145. The smallest absolute Gasteiger partial charge is 0.0640 e. The largest absolute Gasteiger partial charge is 0.310 e. The Hall–Kier alpha value is -11.3. The van der Waals surface area contributed by atoms with Crippen LogP contribution in [-0.4, -0.2) is 9.13 Å². The number of thiophene rings is 1. The maximum absolute atomic E-state index is 2.61. The van der Waals surface area contributed by atoms with Crippen molar-refractivity contribution in [1.29, 1.82) is 0 Å². The number of anilines is 3. The Morgan fingerprint density at radius 2 is 0.727 bits per heavy atom. The fourth-order valence-corrected chi connectivity index (χ4v) is 16.4. The standard InChI is InChI=1S/C84H51N3S/c1-3-21-52(22-4-1)53-24-19-28-58(47-53)85(78-50-56-23-7-8-30-61(56)62-31-11-13-35-66(62)78)59-29-20-25-54(48-59)55-41-45-77-74(49-55)79-69-38-15-16-39-71(69)83-81(72-44-43-70-65-34-10-9-32-63(65)64-33-12-14-37-68(64)80(70)84(72)88-83)82(79)87(77)60-42-46-76-73(51-60)67-36-17-18-40-75(67)86(76)57-26-5-2-6-27-57/h1-51H. The fraction of sp³-hybridized carbons (Fsp3) is 0. The second-order valence-corrected chi connectivity index (χ2v) is 24.5. The molecule has 0 spiro atoms. The number of hydrogen-bond donors (Lipinski definition) is 0. The lowest BCUT2D eigenvalue weighted by Crippen LogP contribution is -2.11. The predicted molar refractivity (Wildman–Crippen MR) is 379 cm³/mol. The molecule has 0 saturated carbocycles. The molecule has 88 heavy (non-hydrogen) atoms. The van der Waals surface area contributed by atoms with E-state index in [1.54, 1.807) is 0 Å². The molecule has 0 aliphatic carbocycles. The van der Waals surface area contributed by atoms with E-state index in [1.165, 1.54) is 134 Å². The molecule has 0 aliphatic rings. The Balaban J connectivity index is 0.898. The molecule has 19 rings (SSSR count). The van der Waals surface area contributed by atoms with Crippen LogP contribution in [0.1, 0.15) is 0 Å². The van der Waals surface area contributed by atoms with Crippen molar-refractivity contribution in [1.82, 2.24) is 9.13 Å². The molecule has 0 N–H and O–H groups in total. The SMILES string of the molecule is c1ccc(-c2cccc(N(c3cccc(-c4ccc5c(c4)c4c6ccccc6c6sc7c(ccc8c9ccccc9c9ccccc9c87)c6c4n5-c4ccc5c(c4)c4ccccc4n5-c4ccccc4)c3)c3cc4ccccc4c4ccccc34)c2)cc1. The molecule has 3 heterocycles. The van der Waals surface area contributed by atoms with Crippen LogP contribution >= 0.6 is 11.3 Å². The second-order valence-electron chi connectivity index (χ2n) is 23.5. The summed E-state index contributed by atoms with van der Waals surface area (Å²) in [7, 11) is 0. The summed E-state index contributed by atoms with van der Waals surface area (Å²) < 4.78 is 7.65. The minimum absolute atomic E-state index is 1.08. The molecule has 3 nitrogen and oxygen atoms in total. The predicted octanol–water partition coefficient (Wildman–Crippen LogP) is 24.0. The van der Waals surface area contributed by atoms with E-state index in [-0.39, 0.29) is 0 Å². The average molecular weight is 1130 g/mol. The van der Waals surface area contributed by atoms with Gasteiger partial charge >= 0.3 is 0 Å². The number of nitrogens with zero attached hydrogens (tertiary/aromatic N) is 3. The van der Waals surface area contributed by atoms with Crippen molar-refractivity contribution in [2.75, 3.05) is 4.90 Å². The zero-order valence-electron chi connectivity index (χ0n) is 47.7. The monoisotopic (exact) mass is 1130 g/mol. The minimum atomic E-state index is 1.08. The van der Waals surface area contributed by atoms with Gasteiger partial charge in [-0.2, -0.15) is 0 Å². The molecule has 3 aromatic heterocycles. The Kier molecular flexibility index (Phi) is 10.6. The van der Waals surface area contributed by atoms with Crippen molar-refractivity contribution in [3.05, 3.63) is 309 Å². The van der Waals surface area contributed by atoms with Gasteiger partial charge in [-0.25, -0.2) is 0 Å². The van der Waals surface area contributed by atoms with Crippen molar-refractivity contribution in [2.24, 2.45) is 0 Å². The van der Waals surface area contributed by atoms with Crippen LogP contribution in [0.5, 0.6) is 0 Å². The van der Waals surface area contributed by atoms with E-state index in [2.05, 4.69) is 323 Å². The molecule has 0 bridgehead atoms. The van der Waals surface area contributed by atoms with Crippen LogP contribution in [0.2, 0.25) is 0 Å². The zero-order chi connectivity index (χ0) is 57.6. The summed E-state index contributed by atoms with van der Waals surface area (Å²) in [6.45, 7) is 0. The van der Waals surface area contributed by atoms with E-state index < -0.39 is 0 Å². The molecule has 0 aliphatic heterocycles. The summed E-state index contributed by atoms with van der Waals surface area (Å²) in [5, 5.41) is 22.6. The summed E-state index contributed by atoms with van der Waals surface area (Å²) in [6, 6.07) is 115. The van der Waals surface area contributed by atoms with Crippen molar-refractivity contribution in [2.45, 2.75) is 0 Å². The lowest BCUT2D eigenvalue weighted by atomic mass is 9.92. The van der Waals surface area contributed by atoms with Gasteiger partial charge in [0, 0.05) is 80.6 Å². The molecule has 408 valence electrons. The van der Waals surface area contributed by atoms with Gasteiger partial charge in [-0.15, -0.1) is 11.3 Å². The lowest BCUT2D eigenvalue weighted by Gasteiger charge is -2.28. The highest BCUT2D eigenvalue weighted by Crippen LogP contribution is 2.52. The number of hydrogen-bond acceptors (Lipinski definition) is 2. The van der Waals surface area contributed by atoms with Crippen molar-refractivity contribution < 1.29 is 0 Å². The minimum Gasteiger partial charge on any atom is -0.310 e. The highest BCUT2D eigenvalue weighted by Gasteiger charge is 2.26. The Bertz CT molecular complexity index is 6090. The molecule has 16 aromatic carbocycles. The van der Waals surface area contributed by atoms with Gasteiger partial charge in [-0.1, -0.05) is 231 Å². The first kappa shape index (κ1) is 49.0. The van der Waals surface area contributed by atoms with E-state index in [1.807, 2.05) is 11.3 Å². The van der Waals surface area contributed by atoms with Crippen LogP contribution in [0.4, 0.5) is 17.1 Å². The molecule has 0 saturated heterocycles. The molecule has 0 radical (unpaired) electrons. The van der Waals surface area contributed by atoms with Gasteiger partial charge < -0.3 is 14.0 Å². The molecule has 19 aromatic rings. The molecular weight excluding hydrogens is 1080 g/mol. The third kappa shape index (κ3) is 7.18. The number of rotatable bonds is 7. The van der Waals surface area contributed by atoms with E-state index in [9.17, 15) is 0 Å². The van der Waals surface area contributed by atoms with Crippen molar-refractivity contribution >= 4 is 157 Å². The summed E-state index contributed by atoms with van der Waals surface area (Å²) in [5.41, 5.74) is 15.0. The number of para-hydroxylation sites is 2. The van der Waals surface area contributed by atoms with Crippen LogP contribution in [0.15, 0.2) is 309 Å². The van der Waals surface area contributed by atoms with Gasteiger partial charge in [0.1, 0.15) is 0 Å². The molecule has 4 heteroatoms. The van der Waals surface area contributed by atoms with Gasteiger partial charge in [0.2, 0.25) is 0 Å². The maximum Gasteiger partial charge on any atom is 0.0640 e. The van der Waals surface area contributed by atoms with Gasteiger partial charge in [0.25, 0.3) is 0 Å². The Morgan fingerprint density at radius 1 is 0.239 bits per heavy atom. The van der Waals surface area contributed by atoms with Gasteiger partial charge in [-0.05, 0) is 150 Å². The first-order valence-corrected chi connectivity index (χ1v) is 31.1. The molecule has 0 amide bonds. The number of aromatic nitrogens is 2. The zero-order valence-corrected chi connectivity index (χ0v) is 48.5. The molecular formula is C84H51N3S. The highest BCUT2D eigenvalue weighted by atomic mass is 32.1. The first-order chi connectivity index (χ1) is 43.7. The van der Waals surface area contributed by atoms with E-state index in [0.717, 1.165) is 45.1 Å². The number of fused-ring (bicyclic) bond motifs is 23. The molecule has 0 atom stereocenters. The number of benzene rings is 16. The van der Waals surface area contributed by atoms with Crippen LogP contribution in [-0.2, 0) is 0 Å². The van der Waals surface area contributed by atoms with Gasteiger partial charge in [0.15, 0.2) is 0 Å². The van der Waals surface area contributed by atoms with Gasteiger partial charge in [0.05, 0.1) is 27.8 Å². The lowest BCUT2D eigenvalue weighted by molar-refractivity contribution is 1.17. The third-order valence-electron chi connectivity index (χ3n) is 18.8. The van der Waals surface area contributed by atoms with E-state index >= 15 is 0 Å². The van der Waals surface area contributed by atoms with Crippen molar-refractivity contribution in [3.63, 3.8) is 0 Å². The third-order valence-corrected chi connectivity index (χ3v) is 20.0. The topological polar surface area (TPSA) is 13.1 Å². The van der Waals surface area contributed by atoms with Crippen LogP contribution < -0.4 is 4.90 Å². The first-order valence-electron chi connectivity index (χ1n) is 30.3. The summed E-state index contributed by atoms with van der Waals surface area (Å²) in [5.74, 6) is 0. The molecule has 0 fully saturated rings. The van der Waals surface area contributed by atoms with E-state index in [0.29, 0.717) is 0 Å². The highest BCUT2D eigenvalue weighted by molar-refractivity contribution is 7.28. The maximum atomic E-state index is 2.61. The fourth-order valence-electron chi connectivity index (χ4n) is 15.0. The second kappa shape index (κ2) is 19.1. The Labute approximate surface area is 510 Å². The normalized spacial score (nSPS) is 12.1.